The first-order valence-corrected chi connectivity index (χ1v) is 7.56. The van der Waals surface area contributed by atoms with Gasteiger partial charge in [0.1, 0.15) is 0 Å². The van der Waals surface area contributed by atoms with E-state index in [1.807, 2.05) is 20.8 Å². The summed E-state index contributed by atoms with van der Waals surface area (Å²) in [7, 11) is 0. The average Bonchev–Trinajstić information content (AvgIpc) is 2.50. The summed E-state index contributed by atoms with van der Waals surface area (Å²) in [6.07, 6.45) is 0.996. The Morgan fingerprint density at radius 3 is 2.61 bits per heavy atom. The molecule has 0 saturated carbocycles. The number of carbonyl (C=O) groups is 2. The van der Waals surface area contributed by atoms with Crippen LogP contribution >= 0.6 is 0 Å². The predicted molar refractivity (Wildman–Crippen MR) is 85.7 cm³/mol. The van der Waals surface area contributed by atoms with Gasteiger partial charge in [0.05, 0.1) is 4.92 Å². The topological polar surface area (TPSA) is 98.5 Å². The Balaban J connectivity index is 2.80. The Hall–Kier alpha value is -2.44. The lowest BCUT2D eigenvalue weighted by molar-refractivity contribution is -0.385. The van der Waals surface area contributed by atoms with E-state index in [9.17, 15) is 19.7 Å². The van der Waals surface area contributed by atoms with Crippen LogP contribution in [0.15, 0.2) is 18.2 Å². The van der Waals surface area contributed by atoms with Crippen LogP contribution in [0, 0.1) is 16.0 Å². The molecule has 7 heteroatoms. The highest BCUT2D eigenvalue weighted by Gasteiger charge is 2.19. The molecule has 0 radical (unpaired) electrons. The maximum Gasteiger partial charge on any atom is 0.311 e. The highest BCUT2D eigenvalue weighted by Crippen LogP contribution is 2.28. The van der Waals surface area contributed by atoms with E-state index in [2.05, 4.69) is 5.32 Å². The fourth-order valence-corrected chi connectivity index (χ4v) is 1.84. The standard InChI is InChI=1S/C16H22N2O5/c1-4-5-14(19)12-6-7-15(13(8-12)18(21)22)23-10-16(20)17-9-11(2)3/h6-8,11H,4-5,9-10H2,1-3H3,(H,17,20). The van der Waals surface area contributed by atoms with Crippen molar-refractivity contribution in [2.24, 2.45) is 5.92 Å². The highest BCUT2D eigenvalue weighted by atomic mass is 16.6. The first-order chi connectivity index (χ1) is 10.8. The third kappa shape index (κ3) is 6.06. The third-order valence-electron chi connectivity index (χ3n) is 3.02. The van der Waals surface area contributed by atoms with E-state index in [1.165, 1.54) is 18.2 Å². The molecule has 0 unspecified atom stereocenters. The zero-order valence-electron chi connectivity index (χ0n) is 13.6. The van der Waals surface area contributed by atoms with Crippen molar-refractivity contribution in [2.45, 2.75) is 33.6 Å². The number of hydrogen-bond donors (Lipinski definition) is 1. The molecular weight excluding hydrogens is 300 g/mol. The lowest BCUT2D eigenvalue weighted by Gasteiger charge is -2.10. The van der Waals surface area contributed by atoms with Gasteiger partial charge in [-0.3, -0.25) is 19.7 Å². The summed E-state index contributed by atoms with van der Waals surface area (Å²) < 4.78 is 5.22. The highest BCUT2D eigenvalue weighted by molar-refractivity contribution is 5.96. The fourth-order valence-electron chi connectivity index (χ4n) is 1.84. The van der Waals surface area contributed by atoms with Crippen LogP contribution in [-0.2, 0) is 4.79 Å². The summed E-state index contributed by atoms with van der Waals surface area (Å²) in [5.74, 6) is -0.226. The summed E-state index contributed by atoms with van der Waals surface area (Å²) in [6, 6.07) is 4.03. The Morgan fingerprint density at radius 1 is 1.35 bits per heavy atom. The molecule has 1 N–H and O–H groups in total. The molecule has 1 aromatic rings. The Bertz CT molecular complexity index is 584. The summed E-state index contributed by atoms with van der Waals surface area (Å²) in [4.78, 5) is 33.9. The summed E-state index contributed by atoms with van der Waals surface area (Å²) in [5, 5.41) is 13.8. The molecule has 0 aliphatic rings. The van der Waals surface area contributed by atoms with Crippen LogP contribution in [0.25, 0.3) is 0 Å². The van der Waals surface area contributed by atoms with Crippen molar-refractivity contribution in [3.8, 4) is 5.75 Å². The van der Waals surface area contributed by atoms with Crippen LogP contribution in [0.5, 0.6) is 5.75 Å². The Kier molecular flexibility index (Phi) is 7.18. The van der Waals surface area contributed by atoms with E-state index in [-0.39, 0.29) is 35.3 Å². The number of nitrogens with zero attached hydrogens (tertiary/aromatic N) is 1. The van der Waals surface area contributed by atoms with E-state index >= 15 is 0 Å². The van der Waals surface area contributed by atoms with Gasteiger partial charge in [-0.25, -0.2) is 0 Å². The van der Waals surface area contributed by atoms with Crippen molar-refractivity contribution >= 4 is 17.4 Å². The molecular formula is C16H22N2O5. The van der Waals surface area contributed by atoms with Gasteiger partial charge in [0.25, 0.3) is 5.91 Å². The van der Waals surface area contributed by atoms with Crippen molar-refractivity contribution in [2.75, 3.05) is 13.2 Å². The van der Waals surface area contributed by atoms with Gasteiger partial charge < -0.3 is 10.1 Å². The van der Waals surface area contributed by atoms with E-state index in [1.54, 1.807) is 0 Å². The fraction of sp³-hybridized carbons (Fsp3) is 0.500. The quantitative estimate of drug-likeness (QED) is 0.428. The minimum absolute atomic E-state index is 0.0252. The number of nitro groups is 1. The zero-order valence-corrected chi connectivity index (χ0v) is 13.6. The molecule has 0 heterocycles. The lowest BCUT2D eigenvalue weighted by atomic mass is 10.1. The average molecular weight is 322 g/mol. The van der Waals surface area contributed by atoms with Crippen LogP contribution in [0.4, 0.5) is 5.69 Å². The number of carbonyl (C=O) groups excluding carboxylic acids is 2. The van der Waals surface area contributed by atoms with Crippen molar-refractivity contribution < 1.29 is 19.2 Å². The van der Waals surface area contributed by atoms with Gasteiger partial charge in [-0.15, -0.1) is 0 Å². The maximum atomic E-state index is 11.8. The summed E-state index contributed by atoms with van der Waals surface area (Å²) in [6.45, 7) is 5.97. The second-order valence-corrected chi connectivity index (χ2v) is 5.60. The molecule has 0 atom stereocenters. The molecule has 1 aromatic carbocycles. The molecule has 0 aromatic heterocycles. The predicted octanol–water partition coefficient (Wildman–Crippen LogP) is 2.73. The maximum absolute atomic E-state index is 11.8. The third-order valence-corrected chi connectivity index (χ3v) is 3.02. The van der Waals surface area contributed by atoms with Gasteiger partial charge in [-0.2, -0.15) is 0 Å². The smallest absolute Gasteiger partial charge is 0.311 e. The normalized spacial score (nSPS) is 10.4. The monoisotopic (exact) mass is 322 g/mol. The second kappa shape index (κ2) is 8.87. The van der Waals surface area contributed by atoms with Crippen molar-refractivity contribution in [1.29, 1.82) is 0 Å². The number of benzene rings is 1. The second-order valence-electron chi connectivity index (χ2n) is 5.60. The largest absolute Gasteiger partial charge is 0.477 e. The van der Waals surface area contributed by atoms with Gasteiger partial charge in [0.15, 0.2) is 18.1 Å². The molecule has 0 bridgehead atoms. The lowest BCUT2D eigenvalue weighted by Crippen LogP contribution is -2.31. The van der Waals surface area contributed by atoms with Crippen LogP contribution in [0.1, 0.15) is 44.0 Å². The Labute approximate surface area is 135 Å². The van der Waals surface area contributed by atoms with Gasteiger partial charge in [-0.05, 0) is 24.5 Å². The van der Waals surface area contributed by atoms with Crippen molar-refractivity contribution in [3.63, 3.8) is 0 Å². The molecule has 7 nitrogen and oxygen atoms in total. The number of nitrogens with one attached hydrogen (secondary N) is 1. The minimum Gasteiger partial charge on any atom is -0.477 e. The van der Waals surface area contributed by atoms with Crippen LogP contribution < -0.4 is 10.1 Å². The van der Waals surface area contributed by atoms with Gasteiger partial charge in [0.2, 0.25) is 0 Å². The molecule has 126 valence electrons. The number of rotatable bonds is 9. The number of ether oxygens (including phenoxy) is 1. The number of ketones is 1. The molecule has 1 rings (SSSR count). The van der Waals surface area contributed by atoms with Crippen LogP contribution in [-0.4, -0.2) is 29.8 Å². The van der Waals surface area contributed by atoms with Gasteiger partial charge in [0, 0.05) is 24.6 Å². The van der Waals surface area contributed by atoms with Gasteiger partial charge in [-0.1, -0.05) is 20.8 Å². The van der Waals surface area contributed by atoms with E-state index < -0.39 is 4.92 Å². The minimum atomic E-state index is -0.621. The number of hydrogen-bond acceptors (Lipinski definition) is 5. The molecule has 0 fully saturated rings. The van der Waals surface area contributed by atoms with Crippen LogP contribution in [0.3, 0.4) is 0 Å². The van der Waals surface area contributed by atoms with Crippen LogP contribution in [0.2, 0.25) is 0 Å². The van der Waals surface area contributed by atoms with Crippen molar-refractivity contribution in [1.82, 2.24) is 5.32 Å². The SMILES string of the molecule is CCCC(=O)c1ccc(OCC(=O)NCC(C)C)c([N+](=O)[O-])c1. The van der Waals surface area contributed by atoms with Gasteiger partial charge >= 0.3 is 5.69 Å². The zero-order chi connectivity index (χ0) is 17.4. The molecule has 23 heavy (non-hydrogen) atoms. The van der Waals surface area contributed by atoms with E-state index in [0.29, 0.717) is 25.3 Å². The Morgan fingerprint density at radius 2 is 2.04 bits per heavy atom. The molecule has 0 saturated heterocycles. The number of nitro benzene ring substituents is 1. The first-order valence-electron chi connectivity index (χ1n) is 7.56. The van der Waals surface area contributed by atoms with E-state index in [0.717, 1.165) is 0 Å². The molecule has 1 amide bonds. The summed E-state index contributed by atoms with van der Waals surface area (Å²) >= 11 is 0. The number of amides is 1. The molecule has 0 aliphatic heterocycles. The molecule has 0 spiro atoms. The van der Waals surface area contributed by atoms with Crippen molar-refractivity contribution in [3.05, 3.63) is 33.9 Å². The summed E-state index contributed by atoms with van der Waals surface area (Å²) in [5.41, 5.74) is -0.0428. The number of Topliss-reactive ketones (excluding diaryl/α,β-unsaturated/α-hetero) is 1. The first kappa shape index (κ1) is 18.6. The molecule has 0 aliphatic carbocycles. The van der Waals surface area contributed by atoms with E-state index in [4.69, 9.17) is 4.74 Å².